The Labute approximate surface area is 202 Å². The summed E-state index contributed by atoms with van der Waals surface area (Å²) < 4.78 is 20.0. The van der Waals surface area contributed by atoms with Crippen LogP contribution in [0.15, 0.2) is 47.7 Å². The van der Waals surface area contributed by atoms with Gasteiger partial charge in [0.05, 0.1) is 39.2 Å². The molecule has 0 fully saturated rings. The van der Waals surface area contributed by atoms with Gasteiger partial charge in [-0.1, -0.05) is 0 Å². The van der Waals surface area contributed by atoms with E-state index >= 15 is 0 Å². The second kappa shape index (κ2) is 9.53. The minimum atomic E-state index is -1.59. The molecule has 0 bridgehead atoms. The zero-order valence-corrected chi connectivity index (χ0v) is 18.2. The molecule has 0 spiro atoms. The standard InChI is InChI=1S/C21H13FN6O9/c22-11-2-1-9(19(30)31)3-12(11)26-21(34)37-7-10-6-27(8-23-10)15-4-13-14(5-16(15)28(35)36)25-18(29)17(24-13)20(32)33/h1-6,8H,7H2,(H,25,29)(H,26,34)(H,30,31)(H,32,33). The lowest BCUT2D eigenvalue weighted by Crippen LogP contribution is -2.20. The number of halogens is 1. The van der Waals surface area contributed by atoms with Crippen molar-refractivity contribution in [1.82, 2.24) is 19.5 Å². The normalized spacial score (nSPS) is 10.7. The number of rotatable bonds is 7. The summed E-state index contributed by atoms with van der Waals surface area (Å²) in [7, 11) is 0. The highest BCUT2D eigenvalue weighted by Crippen LogP contribution is 2.27. The Balaban J connectivity index is 1.56. The summed E-state index contributed by atoms with van der Waals surface area (Å²) in [5.74, 6) is -3.81. The van der Waals surface area contributed by atoms with Crippen LogP contribution in [0.5, 0.6) is 0 Å². The van der Waals surface area contributed by atoms with Crippen LogP contribution in [0, 0.1) is 15.9 Å². The largest absolute Gasteiger partial charge is 0.478 e. The first-order chi connectivity index (χ1) is 17.5. The average Bonchev–Trinajstić information content (AvgIpc) is 3.31. The van der Waals surface area contributed by atoms with Crippen LogP contribution in [0.3, 0.4) is 0 Å². The molecule has 0 aliphatic carbocycles. The number of nitrogens with one attached hydrogen (secondary N) is 2. The van der Waals surface area contributed by atoms with E-state index in [2.05, 4.69) is 20.3 Å². The minimum Gasteiger partial charge on any atom is -0.478 e. The van der Waals surface area contributed by atoms with Crippen LogP contribution >= 0.6 is 0 Å². The van der Waals surface area contributed by atoms with Gasteiger partial charge in [0.25, 0.3) is 11.2 Å². The number of fused-ring (bicyclic) bond motifs is 1. The summed E-state index contributed by atoms with van der Waals surface area (Å²) in [5.41, 5.74) is -3.06. The summed E-state index contributed by atoms with van der Waals surface area (Å²) in [6.07, 6.45) is 1.31. The quantitative estimate of drug-likeness (QED) is 0.208. The number of aromatic amines is 1. The molecule has 0 saturated carbocycles. The Bertz CT molecular complexity index is 1660. The van der Waals surface area contributed by atoms with Gasteiger partial charge < -0.3 is 19.9 Å². The summed E-state index contributed by atoms with van der Waals surface area (Å²) >= 11 is 0. The first kappa shape index (κ1) is 24.5. The minimum absolute atomic E-state index is 0.0471. The predicted molar refractivity (Wildman–Crippen MR) is 120 cm³/mol. The van der Waals surface area contributed by atoms with Crippen molar-refractivity contribution in [3.05, 3.63) is 86.1 Å². The van der Waals surface area contributed by atoms with Gasteiger partial charge in [0, 0.05) is 12.3 Å². The maximum Gasteiger partial charge on any atom is 0.412 e. The van der Waals surface area contributed by atoms with Crippen molar-refractivity contribution in [2.45, 2.75) is 6.61 Å². The maximum atomic E-state index is 13.9. The number of anilines is 1. The van der Waals surface area contributed by atoms with Gasteiger partial charge in [-0.3, -0.25) is 24.8 Å². The molecule has 4 N–H and O–H groups in total. The number of aromatic nitrogens is 4. The molecule has 2 aromatic heterocycles. The third-order valence-electron chi connectivity index (χ3n) is 4.90. The lowest BCUT2D eigenvalue weighted by Gasteiger charge is -2.08. The van der Waals surface area contributed by atoms with E-state index in [1.807, 2.05) is 0 Å². The van der Waals surface area contributed by atoms with Crippen molar-refractivity contribution in [3.63, 3.8) is 0 Å². The summed E-state index contributed by atoms with van der Waals surface area (Å²) in [4.78, 5) is 66.9. The Morgan fingerprint density at radius 2 is 1.95 bits per heavy atom. The lowest BCUT2D eigenvalue weighted by molar-refractivity contribution is -0.384. The van der Waals surface area contributed by atoms with Crippen LogP contribution in [0.4, 0.5) is 20.6 Å². The molecule has 0 atom stereocenters. The Morgan fingerprint density at radius 3 is 2.62 bits per heavy atom. The fourth-order valence-electron chi connectivity index (χ4n) is 3.22. The first-order valence-corrected chi connectivity index (χ1v) is 9.99. The van der Waals surface area contributed by atoms with E-state index < -0.39 is 58.0 Å². The number of carbonyl (C=O) groups excluding carboxylic acids is 1. The van der Waals surface area contributed by atoms with E-state index in [9.17, 15) is 33.7 Å². The Morgan fingerprint density at radius 1 is 1.19 bits per heavy atom. The van der Waals surface area contributed by atoms with Crippen LogP contribution in [-0.4, -0.2) is 52.7 Å². The van der Waals surface area contributed by atoms with E-state index in [-0.39, 0.29) is 28.0 Å². The molecule has 0 unspecified atom stereocenters. The number of hydrogen-bond donors (Lipinski definition) is 4. The summed E-state index contributed by atoms with van der Waals surface area (Å²) in [6, 6.07) is 4.97. The predicted octanol–water partition coefficient (Wildman–Crippen LogP) is 2.30. The molecule has 0 aliphatic heterocycles. The number of nitro groups is 1. The number of ether oxygens (including phenoxy) is 1. The number of nitro benzene ring substituents is 1. The Hall–Kier alpha value is -5.67. The van der Waals surface area contributed by atoms with Crippen LogP contribution in [0.1, 0.15) is 26.5 Å². The fraction of sp³-hybridized carbons (Fsp3) is 0.0476. The molecule has 2 heterocycles. The number of H-pyrrole nitrogens is 1. The van der Waals surface area contributed by atoms with Crippen molar-refractivity contribution >= 4 is 40.4 Å². The van der Waals surface area contributed by atoms with Gasteiger partial charge in [-0.15, -0.1) is 0 Å². The second-order valence-electron chi connectivity index (χ2n) is 7.31. The average molecular weight is 512 g/mol. The van der Waals surface area contributed by atoms with Gasteiger partial charge in [-0.05, 0) is 24.3 Å². The molecule has 2 aromatic carbocycles. The topological polar surface area (TPSA) is 220 Å². The van der Waals surface area contributed by atoms with Gasteiger partial charge in [0.2, 0.25) is 5.69 Å². The molecule has 188 valence electrons. The summed E-state index contributed by atoms with van der Waals surface area (Å²) in [5, 5.41) is 31.8. The lowest BCUT2D eigenvalue weighted by atomic mass is 10.2. The maximum absolute atomic E-state index is 13.9. The molecular weight excluding hydrogens is 499 g/mol. The summed E-state index contributed by atoms with van der Waals surface area (Å²) in [6.45, 7) is -0.449. The van der Waals surface area contributed by atoms with Gasteiger partial charge >= 0.3 is 18.0 Å². The van der Waals surface area contributed by atoms with Crippen molar-refractivity contribution in [3.8, 4) is 5.69 Å². The van der Waals surface area contributed by atoms with Gasteiger partial charge in [0.15, 0.2) is 0 Å². The highest BCUT2D eigenvalue weighted by atomic mass is 19.1. The molecule has 4 rings (SSSR count). The van der Waals surface area contributed by atoms with Crippen molar-refractivity contribution in [2.24, 2.45) is 0 Å². The van der Waals surface area contributed by atoms with Crippen LogP contribution in [-0.2, 0) is 11.3 Å². The van der Waals surface area contributed by atoms with Gasteiger partial charge in [-0.25, -0.2) is 28.7 Å². The van der Waals surface area contributed by atoms with E-state index in [0.29, 0.717) is 0 Å². The molecule has 15 nitrogen and oxygen atoms in total. The molecular formula is C21H13FN6O9. The third-order valence-corrected chi connectivity index (χ3v) is 4.90. The number of benzene rings is 2. The van der Waals surface area contributed by atoms with E-state index in [1.165, 1.54) is 16.8 Å². The van der Waals surface area contributed by atoms with E-state index in [4.69, 9.17) is 14.9 Å². The number of aromatic carboxylic acids is 2. The van der Waals surface area contributed by atoms with Gasteiger partial charge in [-0.2, -0.15) is 0 Å². The SMILES string of the molecule is O=C(Nc1cc(C(=O)O)ccc1F)OCc1cn(-c2cc3nc(C(=O)O)c(=O)[nH]c3cc2[N+](=O)[O-])cn1. The first-order valence-electron chi connectivity index (χ1n) is 9.99. The fourth-order valence-corrected chi connectivity index (χ4v) is 3.22. The number of carboxylic acids is 2. The molecule has 37 heavy (non-hydrogen) atoms. The molecule has 0 aliphatic rings. The zero-order chi connectivity index (χ0) is 26.9. The number of nitrogens with zero attached hydrogens (tertiary/aromatic N) is 4. The van der Waals surface area contributed by atoms with Crippen LogP contribution in [0.2, 0.25) is 0 Å². The van der Waals surface area contributed by atoms with Crippen LogP contribution < -0.4 is 10.9 Å². The highest BCUT2D eigenvalue weighted by Gasteiger charge is 2.21. The molecule has 1 amide bonds. The monoisotopic (exact) mass is 512 g/mol. The zero-order valence-electron chi connectivity index (χ0n) is 18.2. The molecule has 4 aromatic rings. The number of imidazole rings is 1. The van der Waals surface area contributed by atoms with Crippen molar-refractivity contribution in [1.29, 1.82) is 0 Å². The van der Waals surface area contributed by atoms with Gasteiger partial charge in [0.1, 0.15) is 18.1 Å². The van der Waals surface area contributed by atoms with Crippen molar-refractivity contribution in [2.75, 3.05) is 5.32 Å². The van der Waals surface area contributed by atoms with E-state index in [1.54, 1.807) is 0 Å². The number of hydrogen-bond acceptors (Lipinski definition) is 9. The molecule has 0 saturated heterocycles. The number of carboxylic acid groups (broad SMARTS) is 2. The number of carbonyl (C=O) groups is 3. The number of amides is 1. The third kappa shape index (κ3) is 5.06. The smallest absolute Gasteiger partial charge is 0.412 e. The molecule has 0 radical (unpaired) electrons. The Kier molecular flexibility index (Phi) is 6.30. The second-order valence-corrected chi connectivity index (χ2v) is 7.31. The van der Waals surface area contributed by atoms with E-state index in [0.717, 1.165) is 30.6 Å². The highest BCUT2D eigenvalue weighted by molar-refractivity contribution is 5.91. The molecule has 16 heteroatoms. The van der Waals surface area contributed by atoms with Crippen molar-refractivity contribution < 1.29 is 38.6 Å². The van der Waals surface area contributed by atoms with Crippen LogP contribution in [0.25, 0.3) is 16.7 Å².